The fourth-order valence-corrected chi connectivity index (χ4v) is 4.05. The van der Waals surface area contributed by atoms with Crippen LogP contribution in [0.5, 0.6) is 5.75 Å². The first-order chi connectivity index (χ1) is 12.6. The number of hydrogen-bond acceptors (Lipinski definition) is 4. The second kappa shape index (κ2) is 7.31. The standard InChI is InChI=1S/C19H23ClN4O2/c1-26-19-4-2-3-16-15(19)7-14(23-16)9-21-17-5-12(6-18(17)25)10-24-11-13(20)8-22-24/h2-4,7-8,11-12,17-18,21,23,25H,5-6,9-10H2,1H3/t12?,17-,18-/m1/s1. The van der Waals surface area contributed by atoms with E-state index in [1.165, 1.54) is 0 Å². The van der Waals surface area contributed by atoms with Gasteiger partial charge in [0.25, 0.3) is 0 Å². The third kappa shape index (κ3) is 3.58. The van der Waals surface area contributed by atoms with Crippen LogP contribution in [0.1, 0.15) is 18.5 Å². The maximum atomic E-state index is 10.4. The van der Waals surface area contributed by atoms with E-state index in [-0.39, 0.29) is 12.1 Å². The van der Waals surface area contributed by atoms with Gasteiger partial charge in [-0.15, -0.1) is 0 Å². The molecule has 2 heterocycles. The molecular formula is C19H23ClN4O2. The number of fused-ring (bicyclic) bond motifs is 1. The molecule has 0 spiro atoms. The number of nitrogens with zero attached hydrogens (tertiary/aromatic N) is 2. The summed E-state index contributed by atoms with van der Waals surface area (Å²) >= 11 is 5.92. The summed E-state index contributed by atoms with van der Waals surface area (Å²) in [5.41, 5.74) is 2.14. The molecule has 0 bridgehead atoms. The summed E-state index contributed by atoms with van der Waals surface area (Å²) in [7, 11) is 1.68. The molecule has 1 saturated carbocycles. The van der Waals surface area contributed by atoms with Crippen LogP contribution in [0.2, 0.25) is 5.02 Å². The van der Waals surface area contributed by atoms with Crippen molar-refractivity contribution in [2.75, 3.05) is 7.11 Å². The summed E-state index contributed by atoms with van der Waals surface area (Å²) in [6, 6.07) is 8.16. The van der Waals surface area contributed by atoms with E-state index in [1.807, 2.05) is 29.1 Å². The lowest BCUT2D eigenvalue weighted by Crippen LogP contribution is -2.35. The minimum Gasteiger partial charge on any atom is -0.496 e. The molecule has 0 radical (unpaired) electrons. The molecule has 3 aromatic rings. The molecule has 1 fully saturated rings. The Labute approximate surface area is 157 Å². The Morgan fingerprint density at radius 1 is 1.42 bits per heavy atom. The molecule has 0 aliphatic heterocycles. The van der Waals surface area contributed by atoms with Crippen LogP contribution in [0.3, 0.4) is 0 Å². The van der Waals surface area contributed by atoms with Crippen molar-refractivity contribution >= 4 is 22.5 Å². The normalized spacial score (nSPS) is 23.0. The fraction of sp³-hybridized carbons (Fsp3) is 0.421. The van der Waals surface area contributed by atoms with Crippen LogP contribution in [0.4, 0.5) is 0 Å². The number of benzene rings is 1. The molecule has 3 N–H and O–H groups in total. The molecule has 3 atom stereocenters. The second-order valence-electron chi connectivity index (χ2n) is 6.99. The number of ether oxygens (including phenoxy) is 1. The maximum absolute atomic E-state index is 10.4. The number of aromatic nitrogens is 3. The summed E-state index contributed by atoms with van der Waals surface area (Å²) < 4.78 is 7.26. The second-order valence-corrected chi connectivity index (χ2v) is 7.43. The third-order valence-electron chi connectivity index (χ3n) is 5.13. The van der Waals surface area contributed by atoms with Crippen molar-refractivity contribution < 1.29 is 9.84 Å². The van der Waals surface area contributed by atoms with Gasteiger partial charge in [0.2, 0.25) is 0 Å². The van der Waals surface area contributed by atoms with Crippen LogP contribution >= 0.6 is 11.6 Å². The third-order valence-corrected chi connectivity index (χ3v) is 5.32. The first-order valence-corrected chi connectivity index (χ1v) is 9.24. The number of rotatable bonds is 6. The number of halogens is 1. The van der Waals surface area contributed by atoms with E-state index in [0.717, 1.165) is 41.7 Å². The van der Waals surface area contributed by atoms with Crippen molar-refractivity contribution in [1.82, 2.24) is 20.1 Å². The van der Waals surface area contributed by atoms with Gasteiger partial charge in [-0.1, -0.05) is 17.7 Å². The lowest BCUT2D eigenvalue weighted by Gasteiger charge is -2.15. The maximum Gasteiger partial charge on any atom is 0.128 e. The van der Waals surface area contributed by atoms with E-state index in [4.69, 9.17) is 16.3 Å². The minimum absolute atomic E-state index is 0.0827. The lowest BCUT2D eigenvalue weighted by atomic mass is 10.1. The summed E-state index contributed by atoms with van der Waals surface area (Å²) in [5, 5.41) is 19.8. The van der Waals surface area contributed by atoms with Crippen LogP contribution in [0, 0.1) is 5.92 Å². The number of aliphatic hydroxyl groups excluding tert-OH is 1. The van der Waals surface area contributed by atoms with Gasteiger partial charge in [0.1, 0.15) is 5.75 Å². The largest absolute Gasteiger partial charge is 0.496 e. The van der Waals surface area contributed by atoms with Crippen LogP contribution in [-0.4, -0.2) is 39.1 Å². The zero-order valence-corrected chi connectivity index (χ0v) is 15.4. The number of nitrogens with one attached hydrogen (secondary N) is 2. The number of H-pyrrole nitrogens is 1. The van der Waals surface area contributed by atoms with E-state index in [1.54, 1.807) is 13.3 Å². The Hall–Kier alpha value is -2.02. The van der Waals surface area contributed by atoms with Crippen LogP contribution in [0.15, 0.2) is 36.7 Å². The molecule has 1 aliphatic rings. The van der Waals surface area contributed by atoms with E-state index >= 15 is 0 Å². The predicted octanol–water partition coefficient (Wildman–Crippen LogP) is 2.96. The van der Waals surface area contributed by atoms with Crippen molar-refractivity contribution in [3.8, 4) is 5.75 Å². The quantitative estimate of drug-likeness (QED) is 0.620. The summed E-state index contributed by atoms with van der Waals surface area (Å²) in [6.45, 7) is 1.46. The van der Waals surface area contributed by atoms with Crippen molar-refractivity contribution in [1.29, 1.82) is 0 Å². The van der Waals surface area contributed by atoms with E-state index in [0.29, 0.717) is 17.5 Å². The number of aliphatic hydroxyl groups is 1. The highest BCUT2D eigenvalue weighted by Crippen LogP contribution is 2.29. The molecule has 2 aromatic heterocycles. The molecule has 1 aromatic carbocycles. The molecular weight excluding hydrogens is 352 g/mol. The predicted molar refractivity (Wildman–Crippen MR) is 101 cm³/mol. The zero-order valence-electron chi connectivity index (χ0n) is 14.7. The Kier molecular flexibility index (Phi) is 4.89. The first kappa shape index (κ1) is 17.4. The van der Waals surface area contributed by atoms with E-state index < -0.39 is 0 Å². The highest BCUT2D eigenvalue weighted by atomic mass is 35.5. The van der Waals surface area contributed by atoms with Crippen LogP contribution in [0.25, 0.3) is 10.9 Å². The van der Waals surface area contributed by atoms with Crippen LogP contribution < -0.4 is 10.1 Å². The number of hydrogen-bond donors (Lipinski definition) is 3. The Morgan fingerprint density at radius 2 is 2.31 bits per heavy atom. The Bertz CT molecular complexity index is 891. The minimum atomic E-state index is -0.343. The van der Waals surface area contributed by atoms with Gasteiger partial charge in [-0.25, -0.2) is 0 Å². The zero-order chi connectivity index (χ0) is 18.1. The summed E-state index contributed by atoms with van der Waals surface area (Å²) in [6.07, 6.45) is 4.82. The van der Waals surface area contributed by atoms with Gasteiger partial charge in [0, 0.05) is 41.9 Å². The van der Waals surface area contributed by atoms with Crippen molar-refractivity contribution in [3.63, 3.8) is 0 Å². The monoisotopic (exact) mass is 374 g/mol. The average molecular weight is 375 g/mol. The highest BCUT2D eigenvalue weighted by molar-refractivity contribution is 6.30. The topological polar surface area (TPSA) is 75.1 Å². The molecule has 6 nitrogen and oxygen atoms in total. The van der Waals surface area contributed by atoms with Gasteiger partial charge in [-0.2, -0.15) is 5.10 Å². The van der Waals surface area contributed by atoms with Crippen molar-refractivity contribution in [2.45, 2.75) is 38.1 Å². The van der Waals surface area contributed by atoms with Gasteiger partial charge in [0.05, 0.1) is 24.4 Å². The molecule has 138 valence electrons. The Balaban J connectivity index is 1.37. The lowest BCUT2D eigenvalue weighted by molar-refractivity contribution is 0.145. The van der Waals surface area contributed by atoms with Gasteiger partial charge >= 0.3 is 0 Å². The highest BCUT2D eigenvalue weighted by Gasteiger charge is 2.32. The van der Waals surface area contributed by atoms with Gasteiger partial charge < -0.3 is 20.1 Å². The van der Waals surface area contributed by atoms with Gasteiger partial charge in [0.15, 0.2) is 0 Å². The van der Waals surface area contributed by atoms with Gasteiger partial charge in [-0.05, 0) is 37.0 Å². The van der Waals surface area contributed by atoms with E-state index in [2.05, 4.69) is 21.5 Å². The molecule has 0 saturated heterocycles. The molecule has 7 heteroatoms. The Morgan fingerprint density at radius 3 is 3.08 bits per heavy atom. The number of aromatic amines is 1. The van der Waals surface area contributed by atoms with Crippen molar-refractivity contribution in [2.24, 2.45) is 5.92 Å². The molecule has 1 aliphatic carbocycles. The van der Waals surface area contributed by atoms with E-state index in [9.17, 15) is 5.11 Å². The summed E-state index contributed by atoms with van der Waals surface area (Å²) in [4.78, 5) is 3.41. The average Bonchev–Trinajstić information content (AvgIpc) is 3.31. The fourth-order valence-electron chi connectivity index (χ4n) is 3.89. The van der Waals surface area contributed by atoms with Crippen LogP contribution in [-0.2, 0) is 13.1 Å². The molecule has 0 amide bonds. The first-order valence-electron chi connectivity index (χ1n) is 8.86. The molecule has 4 rings (SSSR count). The summed E-state index contributed by atoms with van der Waals surface area (Å²) in [5.74, 6) is 1.25. The van der Waals surface area contributed by atoms with Gasteiger partial charge in [-0.3, -0.25) is 4.68 Å². The van der Waals surface area contributed by atoms with Crippen molar-refractivity contribution in [3.05, 3.63) is 47.4 Å². The smallest absolute Gasteiger partial charge is 0.128 e. The molecule has 26 heavy (non-hydrogen) atoms. The SMILES string of the molecule is COc1cccc2[nH]c(CN[C@@H]3CC(Cn4cc(Cl)cn4)C[C@H]3O)cc12. The molecule has 1 unspecified atom stereocenters. The number of methoxy groups -OCH3 is 1.